The van der Waals surface area contributed by atoms with Gasteiger partial charge in [-0.15, -0.1) is 0 Å². The number of hydrogen-bond donors (Lipinski definition) is 0. The fraction of sp³-hybridized carbons (Fsp3) is 0.312. The lowest BCUT2D eigenvalue weighted by Crippen LogP contribution is -3.00. The van der Waals surface area contributed by atoms with Crippen LogP contribution >= 0.6 is 0 Å². The van der Waals surface area contributed by atoms with Crippen LogP contribution in [-0.4, -0.2) is 0 Å². The number of aryl methyl sites for hydroxylation is 1. The molecule has 0 N–H and O–H groups in total. The van der Waals surface area contributed by atoms with E-state index in [-0.39, 0.29) is 29.4 Å². The van der Waals surface area contributed by atoms with Crippen molar-refractivity contribution >= 4 is 0 Å². The normalized spacial score (nSPS) is 10.7. The summed E-state index contributed by atoms with van der Waals surface area (Å²) in [5.41, 5.74) is 1.49. The van der Waals surface area contributed by atoms with Gasteiger partial charge in [0.2, 0.25) is 0 Å². The second-order valence-electron chi connectivity index (χ2n) is 5.58. The number of ether oxygens (including phenoxy) is 1. The molecule has 3 heteroatoms. The van der Waals surface area contributed by atoms with Gasteiger partial charge < -0.3 is 28.7 Å². The monoisotopic (exact) mass is 369 g/mol. The molecule has 2 aromatic rings. The van der Waals surface area contributed by atoms with E-state index in [1.807, 2.05) is 48.3 Å². The average Bonchev–Trinajstić information content (AvgIpc) is 2.32. The number of hydrogen-bond acceptors (Lipinski definition) is 1. The Morgan fingerprint density at radius 2 is 1.32 bits per heavy atom. The Balaban J connectivity index is 0.00000180. The van der Waals surface area contributed by atoms with Gasteiger partial charge >= 0.3 is 0 Å². The van der Waals surface area contributed by atoms with Gasteiger partial charge in [0.15, 0.2) is 12.4 Å². The Labute approximate surface area is 132 Å². The molecule has 1 aromatic carbocycles. The third-order valence-electron chi connectivity index (χ3n) is 2.90. The highest BCUT2D eigenvalue weighted by Crippen LogP contribution is 2.26. The van der Waals surface area contributed by atoms with Crippen molar-refractivity contribution in [2.45, 2.75) is 26.2 Å². The topological polar surface area (TPSA) is 13.1 Å². The first-order chi connectivity index (χ1) is 8.45. The molecule has 19 heavy (non-hydrogen) atoms. The van der Waals surface area contributed by atoms with E-state index in [4.69, 9.17) is 4.74 Å². The molecule has 0 aliphatic carbocycles. The maximum Gasteiger partial charge on any atom is 0.172 e. The zero-order valence-corrected chi connectivity index (χ0v) is 14.0. The van der Waals surface area contributed by atoms with Gasteiger partial charge in [0.1, 0.15) is 18.5 Å². The third-order valence-corrected chi connectivity index (χ3v) is 2.90. The zero-order valence-electron chi connectivity index (χ0n) is 11.9. The van der Waals surface area contributed by atoms with Gasteiger partial charge in [-0.25, -0.2) is 4.57 Å². The zero-order chi connectivity index (χ0) is 13.2. The van der Waals surface area contributed by atoms with Crippen molar-refractivity contribution in [3.8, 4) is 11.5 Å². The van der Waals surface area contributed by atoms with Crippen LogP contribution in [0.3, 0.4) is 0 Å². The highest BCUT2D eigenvalue weighted by molar-refractivity contribution is 5.34. The fourth-order valence-electron chi connectivity index (χ4n) is 1.71. The summed E-state index contributed by atoms with van der Waals surface area (Å²) in [6.45, 7) is 6.63. The lowest BCUT2D eigenvalue weighted by Gasteiger charge is -2.19. The summed E-state index contributed by atoms with van der Waals surface area (Å²) < 4.78 is 7.77. The lowest BCUT2D eigenvalue weighted by atomic mass is 9.87. The average molecular weight is 369 g/mol. The first kappa shape index (κ1) is 16.0. The highest BCUT2D eigenvalue weighted by Gasteiger charge is 2.13. The molecular weight excluding hydrogens is 349 g/mol. The van der Waals surface area contributed by atoms with E-state index in [1.165, 1.54) is 5.56 Å². The van der Waals surface area contributed by atoms with Gasteiger partial charge in [-0.3, -0.25) is 0 Å². The standard InChI is InChI=1S/C16H20NO.HI/c1-16(2,3)13-5-7-14(8-6-13)18-15-9-11-17(4)12-10-15;/h5-12H,1-4H3;1H/q+1;/p-1. The Bertz CT molecular complexity index is 512. The third kappa shape index (κ3) is 4.49. The number of benzene rings is 1. The minimum Gasteiger partial charge on any atom is -1.00 e. The van der Waals surface area contributed by atoms with Crippen LogP contribution in [0.2, 0.25) is 0 Å². The van der Waals surface area contributed by atoms with E-state index < -0.39 is 0 Å². The quantitative estimate of drug-likeness (QED) is 0.559. The van der Waals surface area contributed by atoms with Gasteiger partial charge in [0.05, 0.1) is 0 Å². The number of halogens is 1. The van der Waals surface area contributed by atoms with E-state index in [1.54, 1.807) is 0 Å². The van der Waals surface area contributed by atoms with Gasteiger partial charge in [-0.1, -0.05) is 32.9 Å². The first-order valence-electron chi connectivity index (χ1n) is 6.19. The Hall–Kier alpha value is -1.10. The molecule has 1 heterocycles. The molecular formula is C16H20INO. The molecule has 1 aromatic heterocycles. The van der Waals surface area contributed by atoms with Gasteiger partial charge in [-0.05, 0) is 23.1 Å². The van der Waals surface area contributed by atoms with Crippen LogP contribution in [0.5, 0.6) is 11.5 Å². The largest absolute Gasteiger partial charge is 1.00 e. The molecule has 2 nitrogen and oxygen atoms in total. The molecule has 0 spiro atoms. The van der Waals surface area contributed by atoms with Crippen molar-refractivity contribution in [2.24, 2.45) is 7.05 Å². The SMILES string of the molecule is C[n+]1ccc(Oc2ccc(C(C)(C)C)cc2)cc1.[I-]. The molecule has 0 saturated heterocycles. The molecule has 0 aliphatic heterocycles. The summed E-state index contributed by atoms with van der Waals surface area (Å²) in [4.78, 5) is 0. The maximum atomic E-state index is 5.79. The van der Waals surface area contributed by atoms with Crippen LogP contribution in [0.4, 0.5) is 0 Å². The second-order valence-corrected chi connectivity index (χ2v) is 5.58. The Morgan fingerprint density at radius 1 is 0.842 bits per heavy atom. The smallest absolute Gasteiger partial charge is 0.172 e. The number of nitrogens with zero attached hydrogens (tertiary/aromatic N) is 1. The van der Waals surface area contributed by atoms with Crippen molar-refractivity contribution in [1.82, 2.24) is 0 Å². The number of aromatic nitrogens is 1. The van der Waals surface area contributed by atoms with Crippen LogP contribution in [0.25, 0.3) is 0 Å². The first-order valence-corrected chi connectivity index (χ1v) is 6.19. The molecule has 0 unspecified atom stereocenters. The minimum absolute atomic E-state index is 0. The van der Waals surface area contributed by atoms with Crippen LogP contribution in [0, 0.1) is 0 Å². The van der Waals surface area contributed by atoms with E-state index in [2.05, 4.69) is 32.9 Å². The van der Waals surface area contributed by atoms with Gasteiger partial charge in [-0.2, -0.15) is 0 Å². The minimum atomic E-state index is 0. The van der Waals surface area contributed by atoms with E-state index in [9.17, 15) is 0 Å². The molecule has 0 radical (unpaired) electrons. The number of pyridine rings is 1. The summed E-state index contributed by atoms with van der Waals surface area (Å²) in [5.74, 6) is 1.73. The Morgan fingerprint density at radius 3 is 1.79 bits per heavy atom. The molecule has 0 aliphatic rings. The van der Waals surface area contributed by atoms with E-state index >= 15 is 0 Å². The molecule has 102 valence electrons. The van der Waals surface area contributed by atoms with Crippen molar-refractivity contribution < 1.29 is 33.3 Å². The predicted octanol–water partition coefficient (Wildman–Crippen LogP) is 0.605. The molecule has 0 fully saturated rings. The fourth-order valence-corrected chi connectivity index (χ4v) is 1.71. The maximum absolute atomic E-state index is 5.79. The molecule has 0 atom stereocenters. The summed E-state index contributed by atoms with van der Waals surface area (Å²) in [7, 11) is 1.99. The number of rotatable bonds is 2. The van der Waals surface area contributed by atoms with E-state index in [0.717, 1.165) is 11.5 Å². The Kier molecular flexibility index (Phi) is 5.35. The van der Waals surface area contributed by atoms with Gasteiger partial charge in [0, 0.05) is 12.1 Å². The van der Waals surface area contributed by atoms with Crippen LogP contribution in [-0.2, 0) is 12.5 Å². The summed E-state index contributed by atoms with van der Waals surface area (Å²) in [6.07, 6.45) is 3.94. The highest BCUT2D eigenvalue weighted by atomic mass is 127. The summed E-state index contributed by atoms with van der Waals surface area (Å²) in [5, 5.41) is 0. The van der Waals surface area contributed by atoms with Crippen LogP contribution in [0.15, 0.2) is 48.8 Å². The van der Waals surface area contributed by atoms with E-state index in [0.29, 0.717) is 0 Å². The van der Waals surface area contributed by atoms with Crippen LogP contribution in [0.1, 0.15) is 26.3 Å². The molecule has 2 rings (SSSR count). The second kappa shape index (κ2) is 6.37. The predicted molar refractivity (Wildman–Crippen MR) is 72.8 cm³/mol. The molecule has 0 saturated carbocycles. The van der Waals surface area contributed by atoms with Crippen molar-refractivity contribution in [3.63, 3.8) is 0 Å². The van der Waals surface area contributed by atoms with Crippen molar-refractivity contribution in [3.05, 3.63) is 54.4 Å². The molecule has 0 amide bonds. The summed E-state index contributed by atoms with van der Waals surface area (Å²) >= 11 is 0. The van der Waals surface area contributed by atoms with Crippen LogP contribution < -0.4 is 33.3 Å². The molecule has 0 bridgehead atoms. The lowest BCUT2D eigenvalue weighted by molar-refractivity contribution is -0.671. The van der Waals surface area contributed by atoms with Crippen molar-refractivity contribution in [2.75, 3.05) is 0 Å². The van der Waals surface area contributed by atoms with Gasteiger partial charge in [0.25, 0.3) is 0 Å². The van der Waals surface area contributed by atoms with Crippen molar-refractivity contribution in [1.29, 1.82) is 0 Å². The summed E-state index contributed by atoms with van der Waals surface area (Å²) in [6, 6.07) is 12.2.